The van der Waals surface area contributed by atoms with E-state index in [1.165, 1.54) is 0 Å². The van der Waals surface area contributed by atoms with Crippen LogP contribution in [0.25, 0.3) is 0 Å². The number of hydrogen-bond acceptors (Lipinski definition) is 5. The average molecular weight is 260 g/mol. The highest BCUT2D eigenvalue weighted by Crippen LogP contribution is 2.37. The molecule has 2 saturated heterocycles. The summed E-state index contributed by atoms with van der Waals surface area (Å²) in [6, 6.07) is 0. The summed E-state index contributed by atoms with van der Waals surface area (Å²) >= 11 is 0. The largest absolute Gasteiger partial charge is 0.387 e. The Bertz CT molecular complexity index is 287. The highest BCUT2D eigenvalue weighted by atomic mass is 16.7. The molecule has 0 amide bonds. The fourth-order valence-corrected chi connectivity index (χ4v) is 2.83. The molecule has 2 fully saturated rings. The van der Waals surface area contributed by atoms with Crippen molar-refractivity contribution in [1.29, 1.82) is 0 Å². The van der Waals surface area contributed by atoms with Gasteiger partial charge >= 0.3 is 0 Å². The van der Waals surface area contributed by atoms with Gasteiger partial charge in [-0.05, 0) is 34.1 Å². The Morgan fingerprint density at radius 3 is 2.39 bits per heavy atom. The highest BCUT2D eigenvalue weighted by molar-refractivity contribution is 4.93. The van der Waals surface area contributed by atoms with Gasteiger partial charge in [-0.1, -0.05) is 0 Å². The summed E-state index contributed by atoms with van der Waals surface area (Å²) in [5, 5.41) is 10.3. The third-order valence-electron chi connectivity index (χ3n) is 3.59. The van der Waals surface area contributed by atoms with Crippen molar-refractivity contribution in [2.45, 2.75) is 70.4 Å². The third-order valence-corrected chi connectivity index (χ3v) is 3.59. The molecule has 5 heteroatoms. The lowest BCUT2D eigenvalue weighted by atomic mass is 9.88. The first-order valence-corrected chi connectivity index (χ1v) is 6.62. The van der Waals surface area contributed by atoms with Crippen LogP contribution in [-0.4, -0.2) is 48.2 Å². The Hall–Kier alpha value is -0.200. The van der Waals surface area contributed by atoms with Gasteiger partial charge in [0.25, 0.3) is 0 Å². The second-order valence-corrected chi connectivity index (χ2v) is 5.79. The molecule has 3 atom stereocenters. The molecule has 2 aliphatic rings. The zero-order valence-corrected chi connectivity index (χ0v) is 11.6. The van der Waals surface area contributed by atoms with Gasteiger partial charge in [-0.2, -0.15) is 0 Å². The van der Waals surface area contributed by atoms with Gasteiger partial charge in [0, 0.05) is 6.42 Å². The van der Waals surface area contributed by atoms with Crippen LogP contribution in [0, 0.1) is 0 Å². The molecule has 5 nitrogen and oxygen atoms in total. The van der Waals surface area contributed by atoms with Crippen molar-refractivity contribution in [2.75, 3.05) is 13.2 Å². The van der Waals surface area contributed by atoms with Crippen molar-refractivity contribution in [3.8, 4) is 0 Å². The maximum Gasteiger partial charge on any atom is 0.164 e. The second-order valence-electron chi connectivity index (χ2n) is 5.79. The highest BCUT2D eigenvalue weighted by Gasteiger charge is 2.48. The van der Waals surface area contributed by atoms with Gasteiger partial charge < -0.3 is 24.1 Å². The second kappa shape index (κ2) is 5.06. The zero-order valence-electron chi connectivity index (χ0n) is 11.6. The van der Waals surface area contributed by atoms with Crippen molar-refractivity contribution >= 4 is 0 Å². The van der Waals surface area contributed by atoms with E-state index in [1.54, 1.807) is 0 Å². The summed E-state index contributed by atoms with van der Waals surface area (Å²) in [6.07, 6.45) is 0.335. The van der Waals surface area contributed by atoms with Crippen LogP contribution < -0.4 is 0 Å². The van der Waals surface area contributed by atoms with Gasteiger partial charge in [0.05, 0.1) is 24.9 Å². The minimum atomic E-state index is -0.676. The molecule has 0 aliphatic carbocycles. The standard InChI is InChI=1S/C13H24O5/c1-9-11(14)13(4,18-12(2,3)17-9)6-5-10-15-7-8-16-10/h9-11,14H,5-8H2,1-4H3/t9-,11+,13-/m1/s1. The minimum absolute atomic E-state index is 0.168. The van der Waals surface area contributed by atoms with Crippen molar-refractivity contribution in [3.05, 3.63) is 0 Å². The molecule has 0 aromatic carbocycles. The Kier molecular flexibility index (Phi) is 3.99. The lowest BCUT2D eigenvalue weighted by Gasteiger charge is -2.49. The predicted molar refractivity (Wildman–Crippen MR) is 65.0 cm³/mol. The summed E-state index contributed by atoms with van der Waals surface area (Å²) in [7, 11) is 0. The molecule has 0 radical (unpaired) electrons. The van der Waals surface area contributed by atoms with Gasteiger partial charge in [0.15, 0.2) is 12.1 Å². The van der Waals surface area contributed by atoms with E-state index in [9.17, 15) is 5.11 Å². The van der Waals surface area contributed by atoms with Crippen LogP contribution in [0.4, 0.5) is 0 Å². The number of hydrogen-bond donors (Lipinski definition) is 1. The van der Waals surface area contributed by atoms with Gasteiger partial charge in [0.2, 0.25) is 0 Å². The molecule has 0 unspecified atom stereocenters. The van der Waals surface area contributed by atoms with E-state index in [0.29, 0.717) is 19.6 Å². The van der Waals surface area contributed by atoms with Crippen LogP contribution in [0.3, 0.4) is 0 Å². The summed E-state index contributed by atoms with van der Waals surface area (Å²) in [6.45, 7) is 8.83. The fraction of sp³-hybridized carbons (Fsp3) is 1.00. The van der Waals surface area contributed by atoms with Crippen molar-refractivity contribution in [2.24, 2.45) is 0 Å². The fourth-order valence-electron chi connectivity index (χ4n) is 2.83. The van der Waals surface area contributed by atoms with Gasteiger partial charge in [-0.25, -0.2) is 0 Å². The van der Waals surface area contributed by atoms with Crippen LogP contribution in [0.5, 0.6) is 0 Å². The molecule has 106 valence electrons. The van der Waals surface area contributed by atoms with Gasteiger partial charge in [0.1, 0.15) is 6.10 Å². The van der Waals surface area contributed by atoms with Crippen LogP contribution in [-0.2, 0) is 18.9 Å². The molecule has 0 aromatic heterocycles. The van der Waals surface area contributed by atoms with Crippen LogP contribution in [0.1, 0.15) is 40.5 Å². The first-order valence-electron chi connectivity index (χ1n) is 6.62. The Morgan fingerprint density at radius 1 is 1.17 bits per heavy atom. The molecule has 2 rings (SSSR count). The maximum atomic E-state index is 10.3. The Morgan fingerprint density at radius 2 is 1.78 bits per heavy atom. The van der Waals surface area contributed by atoms with E-state index < -0.39 is 17.5 Å². The van der Waals surface area contributed by atoms with E-state index in [2.05, 4.69) is 0 Å². The molecule has 0 aromatic rings. The molecular weight excluding hydrogens is 236 g/mol. The van der Waals surface area contributed by atoms with Gasteiger partial charge in [-0.15, -0.1) is 0 Å². The normalized spacial score (nSPS) is 41.2. The molecule has 0 bridgehead atoms. The number of rotatable bonds is 3. The average Bonchev–Trinajstić information content (AvgIpc) is 2.75. The summed E-state index contributed by atoms with van der Waals surface area (Å²) in [5.74, 6) is -0.676. The zero-order chi connectivity index (χ0) is 13.4. The van der Waals surface area contributed by atoms with Gasteiger partial charge in [-0.3, -0.25) is 0 Å². The Labute approximate surface area is 108 Å². The molecular formula is C13H24O5. The quantitative estimate of drug-likeness (QED) is 0.832. The van der Waals surface area contributed by atoms with E-state index >= 15 is 0 Å². The topological polar surface area (TPSA) is 57.2 Å². The van der Waals surface area contributed by atoms with E-state index in [-0.39, 0.29) is 12.4 Å². The van der Waals surface area contributed by atoms with Crippen LogP contribution >= 0.6 is 0 Å². The Balaban J connectivity index is 1.97. The molecule has 2 aliphatic heterocycles. The first-order chi connectivity index (χ1) is 8.32. The minimum Gasteiger partial charge on any atom is -0.387 e. The summed E-state index contributed by atoms with van der Waals surface area (Å²) < 4.78 is 22.4. The molecule has 1 N–H and O–H groups in total. The molecule has 0 spiro atoms. The predicted octanol–water partition coefficient (Wildman–Crippen LogP) is 1.43. The van der Waals surface area contributed by atoms with Crippen LogP contribution in [0.15, 0.2) is 0 Å². The van der Waals surface area contributed by atoms with Crippen molar-refractivity contribution in [1.82, 2.24) is 0 Å². The van der Waals surface area contributed by atoms with Crippen molar-refractivity contribution in [3.63, 3.8) is 0 Å². The van der Waals surface area contributed by atoms with Crippen LogP contribution in [0.2, 0.25) is 0 Å². The SMILES string of the molecule is C[C@H]1OC(C)(C)O[C@](C)(CCC2OCCO2)[C@H]1O. The number of aliphatic hydroxyl groups excluding tert-OH is 1. The first kappa shape index (κ1) is 14.2. The van der Waals surface area contributed by atoms with Crippen molar-refractivity contribution < 1.29 is 24.1 Å². The molecule has 2 heterocycles. The smallest absolute Gasteiger partial charge is 0.164 e. The number of aliphatic hydroxyl groups is 1. The lowest BCUT2D eigenvalue weighted by Crippen LogP contribution is -2.60. The maximum absolute atomic E-state index is 10.3. The van der Waals surface area contributed by atoms with E-state index in [0.717, 1.165) is 6.42 Å². The lowest BCUT2D eigenvalue weighted by molar-refractivity contribution is -0.362. The molecule has 18 heavy (non-hydrogen) atoms. The number of ether oxygens (including phenoxy) is 4. The summed E-state index contributed by atoms with van der Waals surface area (Å²) in [5.41, 5.74) is -0.628. The summed E-state index contributed by atoms with van der Waals surface area (Å²) in [4.78, 5) is 0. The monoisotopic (exact) mass is 260 g/mol. The van der Waals surface area contributed by atoms with E-state index in [1.807, 2.05) is 27.7 Å². The molecule has 0 saturated carbocycles. The van der Waals surface area contributed by atoms with E-state index in [4.69, 9.17) is 18.9 Å². The third kappa shape index (κ3) is 3.03.